The second-order valence-corrected chi connectivity index (χ2v) is 4.82. The summed E-state index contributed by atoms with van der Waals surface area (Å²) in [5, 5.41) is 2.71. The highest BCUT2D eigenvalue weighted by molar-refractivity contribution is 5.94. The molecule has 1 aromatic heterocycles. The largest absolute Gasteiger partial charge is 0.453 e. The minimum absolute atomic E-state index is 0.0577. The zero-order chi connectivity index (χ0) is 14.7. The number of carbonyl (C=O) groups is 2. The fourth-order valence-corrected chi connectivity index (χ4v) is 2.42. The van der Waals surface area contributed by atoms with Gasteiger partial charge in [-0.15, -0.1) is 0 Å². The summed E-state index contributed by atoms with van der Waals surface area (Å²) in [5.74, 6) is -0.0577. The molecule has 1 aliphatic heterocycles. The van der Waals surface area contributed by atoms with Crippen molar-refractivity contribution < 1.29 is 14.3 Å². The van der Waals surface area contributed by atoms with Crippen molar-refractivity contribution in [3.8, 4) is 0 Å². The highest BCUT2D eigenvalue weighted by atomic mass is 16.5. The Balaban J connectivity index is 2.02. The zero-order valence-corrected chi connectivity index (χ0v) is 11.8. The van der Waals surface area contributed by atoms with E-state index >= 15 is 0 Å². The summed E-state index contributed by atoms with van der Waals surface area (Å²) in [6.07, 6.45) is 2.02. The molecule has 7 heteroatoms. The molecule has 0 radical (unpaired) electrons. The van der Waals surface area contributed by atoms with Crippen LogP contribution in [0, 0.1) is 0 Å². The Labute approximate surface area is 117 Å². The van der Waals surface area contributed by atoms with Crippen molar-refractivity contribution >= 4 is 17.7 Å². The number of aromatic nitrogens is 1. The molecule has 0 saturated carbocycles. The number of amides is 2. The first-order chi connectivity index (χ1) is 9.55. The fraction of sp³-hybridized carbons (Fsp3) is 0.538. The number of rotatable bonds is 3. The quantitative estimate of drug-likeness (QED) is 0.851. The Hall–Kier alpha value is -2.18. The highest BCUT2D eigenvalue weighted by Gasteiger charge is 2.29. The summed E-state index contributed by atoms with van der Waals surface area (Å²) >= 11 is 0. The highest BCUT2D eigenvalue weighted by Crippen LogP contribution is 2.17. The summed E-state index contributed by atoms with van der Waals surface area (Å²) < 4.78 is 6.39. The minimum Gasteiger partial charge on any atom is -0.453 e. The van der Waals surface area contributed by atoms with E-state index in [1.54, 1.807) is 17.2 Å². The van der Waals surface area contributed by atoms with Crippen LogP contribution in [0.25, 0.3) is 0 Å². The first-order valence-corrected chi connectivity index (χ1v) is 6.64. The molecule has 1 unspecified atom stereocenters. The molecular weight excluding hydrogens is 260 g/mol. The molecule has 2 amide bonds. The van der Waals surface area contributed by atoms with Gasteiger partial charge in [-0.2, -0.15) is 0 Å². The third-order valence-electron chi connectivity index (χ3n) is 3.46. The molecule has 2 heterocycles. The van der Waals surface area contributed by atoms with Crippen molar-refractivity contribution in [2.45, 2.75) is 25.9 Å². The Morgan fingerprint density at radius 1 is 1.55 bits per heavy atom. The standard InChI is InChI=1S/C13H20N4O3/c1-3-16-7-9(14)6-11(16)12(18)17-5-4-10(8-17)15-13(19)20-2/h6-7,10H,3-5,8,14H2,1-2H3,(H,15,19). The lowest BCUT2D eigenvalue weighted by Crippen LogP contribution is -2.38. The average molecular weight is 280 g/mol. The van der Waals surface area contributed by atoms with Crippen LogP contribution in [0.1, 0.15) is 23.8 Å². The van der Waals surface area contributed by atoms with Crippen LogP contribution < -0.4 is 11.1 Å². The van der Waals surface area contributed by atoms with E-state index < -0.39 is 6.09 Å². The number of likely N-dealkylation sites (tertiary alicyclic amines) is 1. The molecule has 0 bridgehead atoms. The van der Waals surface area contributed by atoms with Crippen molar-refractivity contribution in [2.24, 2.45) is 0 Å². The Morgan fingerprint density at radius 2 is 2.30 bits per heavy atom. The number of ether oxygens (including phenoxy) is 1. The van der Waals surface area contributed by atoms with E-state index in [2.05, 4.69) is 10.1 Å². The minimum atomic E-state index is -0.467. The van der Waals surface area contributed by atoms with Gasteiger partial charge < -0.3 is 25.3 Å². The summed E-state index contributed by atoms with van der Waals surface area (Å²) in [6, 6.07) is 1.63. The molecule has 110 valence electrons. The SMILES string of the molecule is CCn1cc(N)cc1C(=O)N1CCC(NC(=O)OC)C1. The van der Waals surface area contributed by atoms with Gasteiger partial charge in [0.1, 0.15) is 5.69 Å². The van der Waals surface area contributed by atoms with Gasteiger partial charge in [0.05, 0.1) is 18.8 Å². The molecule has 1 atom stereocenters. The average Bonchev–Trinajstić information content (AvgIpc) is 3.04. The van der Waals surface area contributed by atoms with Gasteiger partial charge in [-0.25, -0.2) is 4.79 Å². The number of methoxy groups -OCH3 is 1. The van der Waals surface area contributed by atoms with Gasteiger partial charge in [0, 0.05) is 25.8 Å². The second kappa shape index (κ2) is 5.85. The first-order valence-electron chi connectivity index (χ1n) is 6.64. The third kappa shape index (κ3) is 2.87. The van der Waals surface area contributed by atoms with Crippen LogP contribution >= 0.6 is 0 Å². The predicted octanol–water partition coefficient (Wildman–Crippen LogP) is 0.661. The molecule has 3 N–H and O–H groups in total. The van der Waals surface area contributed by atoms with Gasteiger partial charge in [0.25, 0.3) is 5.91 Å². The predicted molar refractivity (Wildman–Crippen MR) is 74.4 cm³/mol. The molecule has 0 aromatic carbocycles. The van der Waals surface area contributed by atoms with E-state index in [-0.39, 0.29) is 11.9 Å². The number of nitrogens with zero attached hydrogens (tertiary/aromatic N) is 2. The number of alkyl carbamates (subject to hydrolysis) is 1. The van der Waals surface area contributed by atoms with E-state index in [4.69, 9.17) is 5.73 Å². The van der Waals surface area contributed by atoms with E-state index in [1.165, 1.54) is 7.11 Å². The molecule has 2 rings (SSSR count). The van der Waals surface area contributed by atoms with Gasteiger partial charge >= 0.3 is 6.09 Å². The number of carbonyl (C=O) groups excluding carboxylic acids is 2. The van der Waals surface area contributed by atoms with E-state index in [0.717, 1.165) is 6.42 Å². The molecule has 20 heavy (non-hydrogen) atoms. The van der Waals surface area contributed by atoms with Crippen LogP contribution in [-0.4, -0.2) is 47.7 Å². The van der Waals surface area contributed by atoms with Crippen molar-refractivity contribution in [1.82, 2.24) is 14.8 Å². The molecule has 1 aromatic rings. The Kier molecular flexibility index (Phi) is 4.16. The van der Waals surface area contributed by atoms with Crippen LogP contribution in [0.4, 0.5) is 10.5 Å². The van der Waals surface area contributed by atoms with Crippen LogP contribution in [-0.2, 0) is 11.3 Å². The summed E-state index contributed by atoms with van der Waals surface area (Å²) in [7, 11) is 1.32. The number of aryl methyl sites for hydroxylation is 1. The third-order valence-corrected chi connectivity index (χ3v) is 3.46. The number of nitrogens with one attached hydrogen (secondary N) is 1. The lowest BCUT2D eigenvalue weighted by Gasteiger charge is -2.17. The molecule has 0 aliphatic carbocycles. The van der Waals surface area contributed by atoms with Crippen molar-refractivity contribution in [3.63, 3.8) is 0 Å². The topological polar surface area (TPSA) is 89.6 Å². The lowest BCUT2D eigenvalue weighted by atomic mass is 10.3. The van der Waals surface area contributed by atoms with E-state index in [0.29, 0.717) is 31.0 Å². The number of hydrogen-bond donors (Lipinski definition) is 2. The summed E-state index contributed by atoms with van der Waals surface area (Å²) in [6.45, 7) is 3.75. The molecule has 1 fully saturated rings. The number of nitrogen functional groups attached to an aromatic ring is 1. The normalized spacial score (nSPS) is 18.1. The van der Waals surface area contributed by atoms with Crippen LogP contribution in [0.15, 0.2) is 12.3 Å². The van der Waals surface area contributed by atoms with Gasteiger partial charge in [0.15, 0.2) is 0 Å². The Morgan fingerprint density at radius 3 is 2.95 bits per heavy atom. The summed E-state index contributed by atoms with van der Waals surface area (Å²) in [4.78, 5) is 25.3. The van der Waals surface area contributed by atoms with E-state index in [1.807, 2.05) is 11.5 Å². The van der Waals surface area contributed by atoms with Crippen LogP contribution in [0.2, 0.25) is 0 Å². The molecular formula is C13H20N4O3. The number of nitrogens with two attached hydrogens (primary N) is 1. The molecule has 0 spiro atoms. The number of hydrogen-bond acceptors (Lipinski definition) is 4. The van der Waals surface area contributed by atoms with Crippen LogP contribution in [0.5, 0.6) is 0 Å². The van der Waals surface area contributed by atoms with Gasteiger partial charge in [-0.1, -0.05) is 0 Å². The fourth-order valence-electron chi connectivity index (χ4n) is 2.42. The molecule has 7 nitrogen and oxygen atoms in total. The first kappa shape index (κ1) is 14.2. The zero-order valence-electron chi connectivity index (χ0n) is 11.8. The molecule has 1 aliphatic rings. The van der Waals surface area contributed by atoms with E-state index in [9.17, 15) is 9.59 Å². The molecule has 1 saturated heterocycles. The van der Waals surface area contributed by atoms with Gasteiger partial charge in [-0.3, -0.25) is 4.79 Å². The maximum atomic E-state index is 12.4. The lowest BCUT2D eigenvalue weighted by molar-refractivity contribution is 0.0777. The number of anilines is 1. The van der Waals surface area contributed by atoms with Crippen molar-refractivity contribution in [3.05, 3.63) is 18.0 Å². The van der Waals surface area contributed by atoms with Crippen molar-refractivity contribution in [2.75, 3.05) is 25.9 Å². The Bertz CT molecular complexity index is 512. The second-order valence-electron chi connectivity index (χ2n) is 4.82. The van der Waals surface area contributed by atoms with Crippen molar-refractivity contribution in [1.29, 1.82) is 0 Å². The monoisotopic (exact) mass is 280 g/mol. The maximum absolute atomic E-state index is 12.4. The smallest absolute Gasteiger partial charge is 0.407 e. The maximum Gasteiger partial charge on any atom is 0.407 e. The summed E-state index contributed by atoms with van der Waals surface area (Å²) in [5.41, 5.74) is 6.91. The van der Waals surface area contributed by atoms with Gasteiger partial charge in [-0.05, 0) is 19.4 Å². The van der Waals surface area contributed by atoms with Gasteiger partial charge in [0.2, 0.25) is 0 Å². The van der Waals surface area contributed by atoms with Crippen LogP contribution in [0.3, 0.4) is 0 Å².